The summed E-state index contributed by atoms with van der Waals surface area (Å²) in [5, 5.41) is 0.606. The number of hydrogen-bond donors (Lipinski definition) is 0. The fourth-order valence-electron chi connectivity index (χ4n) is 3.92. The number of halogens is 2. The maximum absolute atomic E-state index is 14.3. The summed E-state index contributed by atoms with van der Waals surface area (Å²) in [4.78, 5) is 29.9. The minimum absolute atomic E-state index is 0.0250. The van der Waals surface area contributed by atoms with Gasteiger partial charge in [0.05, 0.1) is 12.1 Å². The number of benzene rings is 2. The van der Waals surface area contributed by atoms with Gasteiger partial charge in [0.2, 0.25) is 0 Å². The molecule has 0 aliphatic heterocycles. The van der Waals surface area contributed by atoms with Gasteiger partial charge in [-0.05, 0) is 62.1 Å². The highest BCUT2D eigenvalue weighted by atomic mass is 35.5. The maximum atomic E-state index is 14.3. The molecule has 2 rings (SSSR count). The standard InChI is InChI=1S/C26H34ClFN2O2/c1-16(2)25(31)23(18-8-11-20(27)12-9-18)30(7)15-19-10-13-21(28)14-22(19)24(29(5)6)26(32)17(3)4/h8-14,16-17,23-24H,15H2,1-7H3. The van der Waals surface area contributed by atoms with Crippen molar-refractivity contribution in [3.8, 4) is 0 Å². The van der Waals surface area contributed by atoms with Crippen LogP contribution in [0, 0.1) is 17.7 Å². The van der Waals surface area contributed by atoms with Crippen LogP contribution in [0.2, 0.25) is 5.02 Å². The monoisotopic (exact) mass is 460 g/mol. The Balaban J connectivity index is 2.50. The summed E-state index contributed by atoms with van der Waals surface area (Å²) in [6.45, 7) is 7.85. The minimum Gasteiger partial charge on any atom is -0.297 e. The Morgan fingerprint density at radius 2 is 1.41 bits per heavy atom. The molecule has 0 aromatic heterocycles. The summed E-state index contributed by atoms with van der Waals surface area (Å²) in [6.07, 6.45) is 0. The van der Waals surface area contributed by atoms with E-state index in [4.69, 9.17) is 11.6 Å². The Kier molecular flexibility index (Phi) is 9.14. The molecule has 0 aliphatic rings. The molecule has 0 spiro atoms. The fourth-order valence-corrected chi connectivity index (χ4v) is 4.05. The van der Waals surface area contributed by atoms with Gasteiger partial charge in [0.25, 0.3) is 0 Å². The van der Waals surface area contributed by atoms with Crippen LogP contribution in [0.15, 0.2) is 42.5 Å². The van der Waals surface area contributed by atoms with Gasteiger partial charge < -0.3 is 0 Å². The van der Waals surface area contributed by atoms with E-state index in [1.807, 2.05) is 70.8 Å². The summed E-state index contributed by atoms with van der Waals surface area (Å²) in [7, 11) is 5.52. The average Bonchev–Trinajstić information content (AvgIpc) is 2.71. The van der Waals surface area contributed by atoms with Crippen LogP contribution in [0.1, 0.15) is 56.5 Å². The van der Waals surface area contributed by atoms with E-state index in [2.05, 4.69) is 0 Å². The van der Waals surface area contributed by atoms with E-state index in [9.17, 15) is 14.0 Å². The van der Waals surface area contributed by atoms with Crippen molar-refractivity contribution in [1.29, 1.82) is 0 Å². The normalized spacial score (nSPS) is 13.8. The van der Waals surface area contributed by atoms with Crippen molar-refractivity contribution in [2.75, 3.05) is 21.1 Å². The van der Waals surface area contributed by atoms with Crippen molar-refractivity contribution in [3.63, 3.8) is 0 Å². The van der Waals surface area contributed by atoms with Gasteiger partial charge in [-0.3, -0.25) is 19.4 Å². The number of Topliss-reactive ketones (excluding diaryl/α,β-unsaturated/α-hetero) is 2. The van der Waals surface area contributed by atoms with E-state index in [1.54, 1.807) is 18.2 Å². The molecule has 2 unspecified atom stereocenters. The highest BCUT2D eigenvalue weighted by Gasteiger charge is 2.31. The van der Waals surface area contributed by atoms with Gasteiger partial charge >= 0.3 is 0 Å². The van der Waals surface area contributed by atoms with Gasteiger partial charge in [-0.1, -0.05) is 57.5 Å². The summed E-state index contributed by atoms with van der Waals surface area (Å²) >= 11 is 6.05. The van der Waals surface area contributed by atoms with Crippen molar-refractivity contribution in [3.05, 3.63) is 70.0 Å². The summed E-state index contributed by atoms with van der Waals surface area (Å²) in [5.41, 5.74) is 2.30. The molecule has 0 fully saturated rings. The third kappa shape index (κ3) is 6.25. The Labute approximate surface area is 196 Å². The third-order valence-electron chi connectivity index (χ3n) is 5.64. The summed E-state index contributed by atoms with van der Waals surface area (Å²) in [6, 6.07) is 10.8. The highest BCUT2D eigenvalue weighted by Crippen LogP contribution is 2.31. The summed E-state index contributed by atoms with van der Waals surface area (Å²) < 4.78 is 14.3. The largest absolute Gasteiger partial charge is 0.297 e. The molecule has 2 aromatic carbocycles. The highest BCUT2D eigenvalue weighted by molar-refractivity contribution is 6.30. The number of ketones is 2. The van der Waals surface area contributed by atoms with Crippen molar-refractivity contribution >= 4 is 23.2 Å². The second-order valence-corrected chi connectivity index (χ2v) is 9.63. The van der Waals surface area contributed by atoms with Gasteiger partial charge in [0.15, 0.2) is 11.6 Å². The van der Waals surface area contributed by atoms with Crippen molar-refractivity contribution in [2.24, 2.45) is 11.8 Å². The van der Waals surface area contributed by atoms with Gasteiger partial charge in [-0.25, -0.2) is 4.39 Å². The Morgan fingerprint density at radius 1 is 0.875 bits per heavy atom. The minimum atomic E-state index is -0.566. The van der Waals surface area contributed by atoms with Crippen molar-refractivity contribution < 1.29 is 14.0 Å². The predicted molar refractivity (Wildman–Crippen MR) is 128 cm³/mol. The number of rotatable bonds is 10. The molecular formula is C26H34ClFN2O2. The average molecular weight is 461 g/mol. The molecule has 0 amide bonds. The first-order chi connectivity index (χ1) is 14.9. The quantitative estimate of drug-likeness (QED) is 0.455. The lowest BCUT2D eigenvalue weighted by Gasteiger charge is -2.32. The topological polar surface area (TPSA) is 40.6 Å². The molecule has 0 heterocycles. The number of carbonyl (C=O) groups excluding carboxylic acids is 2. The third-order valence-corrected chi connectivity index (χ3v) is 5.89. The zero-order chi connectivity index (χ0) is 24.2. The molecule has 0 aliphatic carbocycles. The van der Waals surface area contributed by atoms with Gasteiger partial charge in [0, 0.05) is 23.4 Å². The molecule has 2 atom stereocenters. The van der Waals surface area contributed by atoms with Gasteiger partial charge in [-0.2, -0.15) is 0 Å². The van der Waals surface area contributed by atoms with E-state index in [-0.39, 0.29) is 29.2 Å². The number of carbonyl (C=O) groups is 2. The van der Waals surface area contributed by atoms with Crippen LogP contribution in [0.25, 0.3) is 0 Å². The Bertz CT molecular complexity index is 941. The molecule has 32 heavy (non-hydrogen) atoms. The van der Waals surface area contributed by atoms with E-state index in [0.717, 1.165) is 11.1 Å². The van der Waals surface area contributed by atoms with E-state index < -0.39 is 12.1 Å². The molecular weight excluding hydrogens is 427 g/mol. The van der Waals surface area contributed by atoms with Gasteiger partial charge in [-0.15, -0.1) is 0 Å². The predicted octanol–water partition coefficient (Wildman–Crippen LogP) is 5.71. The van der Waals surface area contributed by atoms with Crippen molar-refractivity contribution in [2.45, 2.75) is 46.3 Å². The molecule has 4 nitrogen and oxygen atoms in total. The van der Waals surface area contributed by atoms with Crippen LogP contribution in [0.3, 0.4) is 0 Å². The summed E-state index contributed by atoms with van der Waals surface area (Å²) in [5.74, 6) is -0.635. The molecule has 0 saturated heterocycles. The number of likely N-dealkylation sites (N-methyl/N-ethyl adjacent to an activating group) is 2. The smallest absolute Gasteiger partial charge is 0.157 e. The van der Waals surface area contributed by atoms with Crippen LogP contribution >= 0.6 is 11.6 Å². The second-order valence-electron chi connectivity index (χ2n) is 9.19. The molecule has 6 heteroatoms. The van der Waals surface area contributed by atoms with Crippen LogP contribution in [-0.4, -0.2) is 42.5 Å². The lowest BCUT2D eigenvalue weighted by atomic mass is 9.90. The first-order valence-electron chi connectivity index (χ1n) is 10.9. The molecule has 174 valence electrons. The lowest BCUT2D eigenvalue weighted by molar-refractivity contribution is -0.128. The van der Waals surface area contributed by atoms with Crippen LogP contribution in [0.4, 0.5) is 4.39 Å². The van der Waals surface area contributed by atoms with E-state index in [1.165, 1.54) is 12.1 Å². The second kappa shape index (κ2) is 11.2. The molecule has 0 bridgehead atoms. The van der Waals surface area contributed by atoms with E-state index in [0.29, 0.717) is 17.1 Å². The number of nitrogens with zero attached hydrogens (tertiary/aromatic N) is 2. The lowest BCUT2D eigenvalue weighted by Crippen LogP contribution is -2.35. The first-order valence-corrected chi connectivity index (χ1v) is 11.3. The number of hydrogen-bond acceptors (Lipinski definition) is 4. The van der Waals surface area contributed by atoms with Crippen molar-refractivity contribution in [1.82, 2.24) is 9.80 Å². The van der Waals surface area contributed by atoms with Crippen LogP contribution < -0.4 is 0 Å². The fraction of sp³-hybridized carbons (Fsp3) is 0.462. The zero-order valence-electron chi connectivity index (χ0n) is 20.0. The SMILES string of the molecule is CC(C)C(=O)C(c1cc(F)ccc1CN(C)C(C(=O)C(C)C)c1ccc(Cl)cc1)N(C)C. The molecule has 2 aromatic rings. The van der Waals surface area contributed by atoms with Crippen LogP contribution in [-0.2, 0) is 16.1 Å². The Hall–Kier alpha value is -2.08. The Morgan fingerprint density at radius 3 is 1.91 bits per heavy atom. The molecule has 0 saturated carbocycles. The molecule has 0 N–H and O–H groups in total. The van der Waals surface area contributed by atoms with Crippen LogP contribution in [0.5, 0.6) is 0 Å². The molecule has 0 radical (unpaired) electrons. The zero-order valence-corrected chi connectivity index (χ0v) is 20.8. The van der Waals surface area contributed by atoms with E-state index >= 15 is 0 Å². The maximum Gasteiger partial charge on any atom is 0.157 e. The first kappa shape index (κ1) is 26.2. The van der Waals surface area contributed by atoms with Gasteiger partial charge in [0.1, 0.15) is 5.82 Å².